The van der Waals surface area contributed by atoms with Crippen LogP contribution >= 0.6 is 23.2 Å². The van der Waals surface area contributed by atoms with Crippen molar-refractivity contribution in [2.75, 3.05) is 49.8 Å². The predicted octanol–water partition coefficient (Wildman–Crippen LogP) is 3.38. The molecule has 2 aromatic carbocycles. The molecule has 3 aromatic rings. The third-order valence-corrected chi connectivity index (χ3v) is 9.66. The molecule has 1 amide bonds. The number of aromatic nitrogens is 3. The lowest BCUT2D eigenvalue weighted by atomic mass is 9.88. The van der Waals surface area contributed by atoms with Gasteiger partial charge in [0, 0.05) is 41.5 Å². The average molecular weight is 713 g/mol. The maximum absolute atomic E-state index is 15.2. The van der Waals surface area contributed by atoms with Gasteiger partial charge in [-0.15, -0.1) is 5.10 Å². The van der Waals surface area contributed by atoms with E-state index in [-0.39, 0.29) is 27.0 Å². The van der Waals surface area contributed by atoms with Gasteiger partial charge < -0.3 is 39.3 Å². The minimum Gasteiger partial charge on any atom is -0.394 e. The van der Waals surface area contributed by atoms with E-state index in [1.165, 1.54) is 29.0 Å². The summed E-state index contributed by atoms with van der Waals surface area (Å²) in [6.07, 6.45) is -2.28. The van der Waals surface area contributed by atoms with Crippen LogP contribution in [0.15, 0.2) is 36.5 Å². The standard InChI is InChI=1S/C32H37Cl2F2N5O7/c1-46-30-28(40-15-23(37-38-40)17-10-21(35)27(22(36)11-17)39-6-8-47-9-7-39)29(44)26(16-42)48-31(30)32(45)41(24-4-2-3-5-25(24)43)20-13-18(33)12-19(34)14-20/h10-15,24-26,28-31,42-44H,2-9,16H2,1H3/t24-,25-,26+,28-,29-,30+,31+/m0/s1. The lowest BCUT2D eigenvalue weighted by Crippen LogP contribution is -2.63. The molecule has 260 valence electrons. The molecule has 3 N–H and O–H groups in total. The van der Waals surface area contributed by atoms with E-state index < -0.39 is 66.8 Å². The van der Waals surface area contributed by atoms with Crippen molar-refractivity contribution in [1.29, 1.82) is 0 Å². The summed E-state index contributed by atoms with van der Waals surface area (Å²) in [7, 11) is 1.33. The number of morpholine rings is 1. The van der Waals surface area contributed by atoms with Crippen LogP contribution in [0.3, 0.4) is 0 Å². The number of carbonyl (C=O) groups is 1. The molecular weight excluding hydrogens is 675 g/mol. The van der Waals surface area contributed by atoms with Crippen LogP contribution in [0, 0.1) is 11.6 Å². The van der Waals surface area contributed by atoms with Gasteiger partial charge in [0.2, 0.25) is 0 Å². The first-order chi connectivity index (χ1) is 23.1. The smallest absolute Gasteiger partial charge is 0.259 e. The zero-order chi connectivity index (χ0) is 34.1. The molecule has 2 saturated heterocycles. The van der Waals surface area contributed by atoms with Gasteiger partial charge in [-0.2, -0.15) is 0 Å². The zero-order valence-corrected chi connectivity index (χ0v) is 27.6. The SMILES string of the molecule is CO[C@@H]1[C@@H](n2cc(-c3cc(F)c(N4CCOCC4)c(F)c3)nn2)[C@@H](O)[C@@H](CO)O[C@H]1C(=O)N(c1cc(Cl)cc(Cl)c1)[C@H]1CCCC[C@@H]1O. The summed E-state index contributed by atoms with van der Waals surface area (Å²) < 4.78 is 48.8. The van der Waals surface area contributed by atoms with E-state index in [0.717, 1.165) is 25.0 Å². The highest BCUT2D eigenvalue weighted by molar-refractivity contribution is 6.35. The second-order valence-corrected chi connectivity index (χ2v) is 13.1. The molecular formula is C32H37Cl2F2N5O7. The summed E-state index contributed by atoms with van der Waals surface area (Å²) in [6.45, 7) is 0.738. The molecule has 12 nitrogen and oxygen atoms in total. The molecule has 0 radical (unpaired) electrons. The maximum Gasteiger partial charge on any atom is 0.259 e. The Morgan fingerprint density at radius 2 is 1.73 bits per heavy atom. The number of benzene rings is 2. The van der Waals surface area contributed by atoms with Gasteiger partial charge in [0.25, 0.3) is 5.91 Å². The van der Waals surface area contributed by atoms with E-state index >= 15 is 8.78 Å². The quantitative estimate of drug-likeness (QED) is 0.318. The fourth-order valence-corrected chi connectivity index (χ4v) is 7.42. The minimum atomic E-state index is -1.44. The molecule has 16 heteroatoms. The first kappa shape index (κ1) is 34.9. The molecule has 2 aliphatic heterocycles. The van der Waals surface area contributed by atoms with E-state index in [1.807, 2.05) is 0 Å². The van der Waals surface area contributed by atoms with Crippen molar-refractivity contribution in [3.05, 3.63) is 58.2 Å². The second kappa shape index (κ2) is 14.9. The Morgan fingerprint density at radius 3 is 2.35 bits per heavy atom. The van der Waals surface area contributed by atoms with Gasteiger partial charge >= 0.3 is 0 Å². The lowest BCUT2D eigenvalue weighted by Gasteiger charge is -2.46. The summed E-state index contributed by atoms with van der Waals surface area (Å²) in [5.41, 5.74) is 0.372. The highest BCUT2D eigenvalue weighted by Crippen LogP contribution is 2.38. The number of anilines is 2. The summed E-state index contributed by atoms with van der Waals surface area (Å²) in [5, 5.41) is 41.4. The molecule has 6 rings (SSSR count). The second-order valence-electron chi connectivity index (χ2n) is 12.2. The van der Waals surface area contributed by atoms with Crippen molar-refractivity contribution >= 4 is 40.5 Å². The van der Waals surface area contributed by atoms with Gasteiger partial charge in [-0.3, -0.25) is 4.79 Å². The number of nitrogens with zero attached hydrogens (tertiary/aromatic N) is 5. The molecule has 1 aromatic heterocycles. The number of halogens is 4. The van der Waals surface area contributed by atoms with Crippen LogP contribution in [-0.4, -0.2) is 113 Å². The van der Waals surface area contributed by atoms with Crippen LogP contribution in [0.2, 0.25) is 10.0 Å². The Hall–Kier alpha value is -2.95. The van der Waals surface area contributed by atoms with Crippen LogP contribution in [0.25, 0.3) is 11.3 Å². The van der Waals surface area contributed by atoms with Crippen LogP contribution in [0.1, 0.15) is 31.7 Å². The fraction of sp³-hybridized carbons (Fsp3) is 0.531. The van der Waals surface area contributed by atoms with Crippen molar-refractivity contribution in [3.63, 3.8) is 0 Å². The summed E-state index contributed by atoms with van der Waals surface area (Å²) in [4.78, 5) is 17.5. The Balaban J connectivity index is 1.34. The van der Waals surface area contributed by atoms with Gasteiger partial charge in [-0.25, -0.2) is 13.5 Å². The van der Waals surface area contributed by atoms with Gasteiger partial charge in [0.15, 0.2) is 6.10 Å². The molecule has 0 bridgehead atoms. The van der Waals surface area contributed by atoms with Crippen LogP contribution in [-0.2, 0) is 19.0 Å². The Labute approximate surface area is 285 Å². The Morgan fingerprint density at radius 1 is 1.06 bits per heavy atom. The maximum atomic E-state index is 15.2. The van der Waals surface area contributed by atoms with Crippen molar-refractivity contribution in [2.45, 2.75) is 68.3 Å². The van der Waals surface area contributed by atoms with E-state index in [1.54, 1.807) is 17.0 Å². The molecule has 0 spiro atoms. The molecule has 1 saturated carbocycles. The topological polar surface area (TPSA) is 143 Å². The van der Waals surface area contributed by atoms with Crippen molar-refractivity contribution in [1.82, 2.24) is 15.0 Å². The Kier molecular flexibility index (Phi) is 10.8. The molecule has 1 aliphatic carbocycles. The van der Waals surface area contributed by atoms with Gasteiger partial charge in [0.1, 0.15) is 47.4 Å². The Bertz CT molecular complexity index is 1570. The van der Waals surface area contributed by atoms with Gasteiger partial charge in [-0.05, 0) is 43.2 Å². The number of carbonyl (C=O) groups excluding carboxylic acids is 1. The average Bonchev–Trinajstić information content (AvgIpc) is 3.55. The van der Waals surface area contributed by atoms with E-state index in [4.69, 9.17) is 37.4 Å². The van der Waals surface area contributed by atoms with Gasteiger partial charge in [0.05, 0.1) is 38.2 Å². The molecule has 3 aliphatic rings. The number of hydrogen-bond donors (Lipinski definition) is 3. The van der Waals surface area contributed by atoms with E-state index in [9.17, 15) is 20.1 Å². The monoisotopic (exact) mass is 711 g/mol. The highest BCUT2D eigenvalue weighted by Gasteiger charge is 2.52. The van der Waals surface area contributed by atoms with Crippen molar-refractivity contribution in [3.8, 4) is 11.3 Å². The molecule has 48 heavy (non-hydrogen) atoms. The number of aliphatic hydroxyl groups excluding tert-OH is 3. The third kappa shape index (κ3) is 6.90. The van der Waals surface area contributed by atoms with Crippen LogP contribution in [0.5, 0.6) is 0 Å². The summed E-state index contributed by atoms with van der Waals surface area (Å²) in [5.74, 6) is -2.18. The van der Waals surface area contributed by atoms with Crippen LogP contribution < -0.4 is 9.80 Å². The van der Waals surface area contributed by atoms with Crippen molar-refractivity contribution < 1.29 is 43.1 Å². The van der Waals surface area contributed by atoms with Crippen LogP contribution in [0.4, 0.5) is 20.2 Å². The largest absolute Gasteiger partial charge is 0.394 e. The number of hydrogen-bond acceptors (Lipinski definition) is 10. The normalized spacial score (nSPS) is 28.0. The number of aliphatic hydroxyl groups is 3. The third-order valence-electron chi connectivity index (χ3n) is 9.23. The minimum absolute atomic E-state index is 0.0961. The fourth-order valence-electron chi connectivity index (χ4n) is 6.91. The molecule has 7 atom stereocenters. The summed E-state index contributed by atoms with van der Waals surface area (Å²) >= 11 is 12.6. The van der Waals surface area contributed by atoms with E-state index in [2.05, 4.69) is 10.3 Å². The first-order valence-electron chi connectivity index (χ1n) is 15.8. The predicted molar refractivity (Wildman–Crippen MR) is 172 cm³/mol. The van der Waals surface area contributed by atoms with E-state index in [0.29, 0.717) is 44.8 Å². The molecule has 3 heterocycles. The lowest BCUT2D eigenvalue weighted by molar-refractivity contribution is -0.211. The zero-order valence-electron chi connectivity index (χ0n) is 26.1. The molecule has 0 unspecified atom stereocenters. The summed E-state index contributed by atoms with van der Waals surface area (Å²) in [6, 6.07) is 5.15. The molecule has 3 fully saturated rings. The van der Waals surface area contributed by atoms with Crippen molar-refractivity contribution in [2.24, 2.45) is 0 Å². The highest BCUT2D eigenvalue weighted by atomic mass is 35.5. The van der Waals surface area contributed by atoms with Gasteiger partial charge in [-0.1, -0.05) is 41.3 Å². The number of methoxy groups -OCH3 is 1. The number of rotatable bonds is 8. The first-order valence-corrected chi connectivity index (χ1v) is 16.5. The number of amides is 1. The number of ether oxygens (including phenoxy) is 3.